The van der Waals surface area contributed by atoms with Crippen LogP contribution in [0.15, 0.2) is 29.8 Å². The molecule has 18 heavy (non-hydrogen) atoms. The SMILES string of the molecule is CC(=CCCNC1CC1)Cc1cc(C)ccc1C. The second kappa shape index (κ2) is 6.19. The molecule has 1 heteroatoms. The highest BCUT2D eigenvalue weighted by Gasteiger charge is 2.19. The molecule has 1 aliphatic carbocycles. The summed E-state index contributed by atoms with van der Waals surface area (Å²) in [7, 11) is 0. The van der Waals surface area contributed by atoms with Crippen LogP contribution in [0.3, 0.4) is 0 Å². The molecule has 1 aliphatic rings. The van der Waals surface area contributed by atoms with Crippen LogP contribution in [-0.2, 0) is 6.42 Å². The van der Waals surface area contributed by atoms with E-state index in [1.54, 1.807) is 0 Å². The molecule has 1 nitrogen and oxygen atoms in total. The molecule has 0 heterocycles. The predicted molar refractivity (Wildman–Crippen MR) is 79.0 cm³/mol. The zero-order valence-electron chi connectivity index (χ0n) is 11.9. The van der Waals surface area contributed by atoms with E-state index in [2.05, 4.69) is 50.4 Å². The third-order valence-corrected chi connectivity index (χ3v) is 3.62. The van der Waals surface area contributed by atoms with Crippen molar-refractivity contribution in [1.82, 2.24) is 5.32 Å². The summed E-state index contributed by atoms with van der Waals surface area (Å²) in [5.41, 5.74) is 5.73. The first-order chi connectivity index (χ1) is 8.65. The Bertz CT molecular complexity index is 427. The maximum atomic E-state index is 3.55. The molecular weight excluding hydrogens is 218 g/mol. The minimum absolute atomic E-state index is 0.831. The lowest BCUT2D eigenvalue weighted by Gasteiger charge is -2.08. The molecule has 0 bridgehead atoms. The molecule has 98 valence electrons. The Balaban J connectivity index is 1.82. The van der Waals surface area contributed by atoms with E-state index in [1.165, 1.54) is 35.1 Å². The summed E-state index contributed by atoms with van der Waals surface area (Å²) in [6, 6.07) is 7.57. The van der Waals surface area contributed by atoms with Crippen LogP contribution < -0.4 is 5.32 Å². The molecule has 1 saturated carbocycles. The van der Waals surface area contributed by atoms with Gasteiger partial charge in [-0.2, -0.15) is 0 Å². The van der Waals surface area contributed by atoms with Gasteiger partial charge in [0.15, 0.2) is 0 Å². The Kier molecular flexibility index (Phi) is 4.60. The van der Waals surface area contributed by atoms with Gasteiger partial charge in [0.05, 0.1) is 0 Å². The quantitative estimate of drug-likeness (QED) is 0.589. The van der Waals surface area contributed by atoms with E-state index < -0.39 is 0 Å². The zero-order chi connectivity index (χ0) is 13.0. The highest BCUT2D eigenvalue weighted by molar-refractivity contribution is 5.33. The average Bonchev–Trinajstić information content (AvgIpc) is 3.13. The summed E-state index contributed by atoms with van der Waals surface area (Å²) >= 11 is 0. The van der Waals surface area contributed by atoms with E-state index in [0.717, 1.165) is 25.4 Å². The highest BCUT2D eigenvalue weighted by Crippen LogP contribution is 2.18. The van der Waals surface area contributed by atoms with Crippen LogP contribution in [0.1, 0.15) is 42.9 Å². The Morgan fingerprint density at radius 2 is 2.11 bits per heavy atom. The van der Waals surface area contributed by atoms with Crippen molar-refractivity contribution in [3.8, 4) is 0 Å². The van der Waals surface area contributed by atoms with Crippen molar-refractivity contribution < 1.29 is 0 Å². The van der Waals surface area contributed by atoms with Crippen molar-refractivity contribution in [3.05, 3.63) is 46.5 Å². The molecule has 1 fully saturated rings. The van der Waals surface area contributed by atoms with E-state index in [0.29, 0.717) is 0 Å². The molecule has 0 spiro atoms. The van der Waals surface area contributed by atoms with Crippen LogP contribution in [0.25, 0.3) is 0 Å². The van der Waals surface area contributed by atoms with Crippen molar-refractivity contribution in [2.75, 3.05) is 6.54 Å². The maximum absolute atomic E-state index is 3.55. The summed E-state index contributed by atoms with van der Waals surface area (Å²) in [5.74, 6) is 0. The highest BCUT2D eigenvalue weighted by atomic mass is 14.9. The third kappa shape index (κ3) is 4.30. The van der Waals surface area contributed by atoms with E-state index in [-0.39, 0.29) is 0 Å². The van der Waals surface area contributed by atoms with Gasteiger partial charge in [-0.05, 0) is 64.1 Å². The van der Waals surface area contributed by atoms with Gasteiger partial charge in [0.2, 0.25) is 0 Å². The van der Waals surface area contributed by atoms with Crippen molar-refractivity contribution in [1.29, 1.82) is 0 Å². The van der Waals surface area contributed by atoms with E-state index in [9.17, 15) is 0 Å². The second-order valence-corrected chi connectivity index (χ2v) is 5.67. The standard InChI is InChI=1S/C17H25N/c1-13(5-4-10-18-17-8-9-17)11-16-12-14(2)6-7-15(16)3/h5-7,12,17-18H,4,8-11H2,1-3H3. The fourth-order valence-corrected chi connectivity index (χ4v) is 2.26. The fraction of sp³-hybridized carbons (Fsp3) is 0.529. The fourth-order valence-electron chi connectivity index (χ4n) is 2.26. The van der Waals surface area contributed by atoms with Crippen molar-refractivity contribution in [2.45, 2.75) is 52.5 Å². The number of allylic oxidation sites excluding steroid dienone is 1. The largest absolute Gasteiger partial charge is 0.314 e. The normalized spacial score (nSPS) is 16.1. The van der Waals surface area contributed by atoms with E-state index in [1.807, 2.05) is 0 Å². The van der Waals surface area contributed by atoms with Crippen LogP contribution in [0, 0.1) is 13.8 Å². The third-order valence-electron chi connectivity index (χ3n) is 3.62. The summed E-state index contributed by atoms with van der Waals surface area (Å²) < 4.78 is 0. The monoisotopic (exact) mass is 243 g/mol. The van der Waals surface area contributed by atoms with Gasteiger partial charge in [-0.1, -0.05) is 35.4 Å². The van der Waals surface area contributed by atoms with Crippen LogP contribution in [0.2, 0.25) is 0 Å². The summed E-state index contributed by atoms with van der Waals surface area (Å²) in [6.45, 7) is 7.76. The molecule has 0 aliphatic heterocycles. The lowest BCUT2D eigenvalue weighted by Crippen LogP contribution is -2.16. The molecule has 0 atom stereocenters. The van der Waals surface area contributed by atoms with Gasteiger partial charge in [-0.15, -0.1) is 0 Å². The summed E-state index contributed by atoms with van der Waals surface area (Å²) in [6.07, 6.45) is 7.40. The van der Waals surface area contributed by atoms with E-state index in [4.69, 9.17) is 0 Å². The van der Waals surface area contributed by atoms with Gasteiger partial charge in [0, 0.05) is 6.04 Å². The number of nitrogens with one attached hydrogen (secondary N) is 1. The molecular formula is C17H25N. The van der Waals surface area contributed by atoms with Gasteiger partial charge in [0.1, 0.15) is 0 Å². The molecule has 0 unspecified atom stereocenters. The van der Waals surface area contributed by atoms with Crippen LogP contribution in [0.5, 0.6) is 0 Å². The van der Waals surface area contributed by atoms with Crippen LogP contribution in [0.4, 0.5) is 0 Å². The van der Waals surface area contributed by atoms with Crippen molar-refractivity contribution in [2.24, 2.45) is 0 Å². The van der Waals surface area contributed by atoms with Gasteiger partial charge >= 0.3 is 0 Å². The Morgan fingerprint density at radius 3 is 2.83 bits per heavy atom. The second-order valence-electron chi connectivity index (χ2n) is 5.67. The lowest BCUT2D eigenvalue weighted by molar-refractivity contribution is 0.688. The van der Waals surface area contributed by atoms with Crippen molar-refractivity contribution in [3.63, 3.8) is 0 Å². The van der Waals surface area contributed by atoms with Crippen molar-refractivity contribution >= 4 is 0 Å². The first kappa shape index (κ1) is 13.4. The molecule has 0 radical (unpaired) electrons. The first-order valence-corrected chi connectivity index (χ1v) is 7.10. The lowest BCUT2D eigenvalue weighted by atomic mass is 9.99. The average molecular weight is 243 g/mol. The Hall–Kier alpha value is -1.08. The topological polar surface area (TPSA) is 12.0 Å². The van der Waals surface area contributed by atoms with Gasteiger partial charge < -0.3 is 5.32 Å². The Labute approximate surface area is 111 Å². The van der Waals surface area contributed by atoms with Gasteiger partial charge in [-0.3, -0.25) is 0 Å². The van der Waals surface area contributed by atoms with E-state index >= 15 is 0 Å². The molecule has 2 rings (SSSR count). The summed E-state index contributed by atoms with van der Waals surface area (Å²) in [5, 5.41) is 3.55. The van der Waals surface area contributed by atoms with Gasteiger partial charge in [-0.25, -0.2) is 0 Å². The first-order valence-electron chi connectivity index (χ1n) is 7.10. The molecule has 0 amide bonds. The molecule has 1 aromatic carbocycles. The zero-order valence-corrected chi connectivity index (χ0v) is 11.9. The number of rotatable bonds is 6. The number of benzene rings is 1. The molecule has 1 aromatic rings. The van der Waals surface area contributed by atoms with Crippen LogP contribution in [-0.4, -0.2) is 12.6 Å². The minimum atomic E-state index is 0.831. The van der Waals surface area contributed by atoms with Gasteiger partial charge in [0.25, 0.3) is 0 Å². The number of hydrogen-bond donors (Lipinski definition) is 1. The minimum Gasteiger partial charge on any atom is -0.314 e. The smallest absolute Gasteiger partial charge is 0.00683 e. The molecule has 1 N–H and O–H groups in total. The molecule has 0 saturated heterocycles. The maximum Gasteiger partial charge on any atom is 0.00683 e. The molecule has 0 aromatic heterocycles. The predicted octanol–water partition coefficient (Wildman–Crippen LogP) is 3.93. The number of hydrogen-bond acceptors (Lipinski definition) is 1. The number of aryl methyl sites for hydroxylation is 2. The Morgan fingerprint density at radius 1 is 1.33 bits per heavy atom. The van der Waals surface area contributed by atoms with Crippen LogP contribution >= 0.6 is 0 Å². The summed E-state index contributed by atoms with van der Waals surface area (Å²) in [4.78, 5) is 0.